The minimum Gasteiger partial charge on any atom is -0.396 e. The number of aliphatic imine (C=N–C) groups is 1. The van der Waals surface area contributed by atoms with E-state index in [-0.39, 0.29) is 0 Å². The highest BCUT2D eigenvalue weighted by Crippen LogP contribution is 2.12. The Hall–Kier alpha value is -0.633. The minimum atomic E-state index is -2.25. The molecule has 110 valence electrons. The smallest absolute Gasteiger partial charge is 0.364 e. The van der Waals surface area contributed by atoms with Gasteiger partial charge in [-0.25, -0.2) is 0 Å². The Labute approximate surface area is 112 Å². The molecule has 0 aromatic rings. The van der Waals surface area contributed by atoms with Crippen LogP contribution in [0.1, 0.15) is 13.3 Å². The van der Waals surface area contributed by atoms with Crippen molar-refractivity contribution in [3.05, 3.63) is 0 Å². The van der Waals surface area contributed by atoms with Crippen LogP contribution < -0.4 is 5.32 Å². The van der Waals surface area contributed by atoms with Gasteiger partial charge in [0.05, 0.1) is 5.73 Å². The number of rotatable bonds is 4. The van der Waals surface area contributed by atoms with E-state index < -0.39 is 14.3 Å². The van der Waals surface area contributed by atoms with Crippen LogP contribution in [0.3, 0.4) is 0 Å². The van der Waals surface area contributed by atoms with Crippen LogP contribution >= 0.6 is 0 Å². The Balaban J connectivity index is 0. The van der Waals surface area contributed by atoms with Gasteiger partial charge < -0.3 is 24.2 Å². The lowest BCUT2D eigenvalue weighted by atomic mass is 10.5. The van der Waals surface area contributed by atoms with Crippen LogP contribution in [0.4, 0.5) is 0 Å². The molecule has 1 unspecified atom stereocenters. The lowest BCUT2D eigenvalue weighted by molar-refractivity contribution is 0.142. The highest BCUT2D eigenvalue weighted by atomic mass is 28.4. The lowest BCUT2D eigenvalue weighted by Gasteiger charge is -2.26. The van der Waals surface area contributed by atoms with Gasteiger partial charge in [-0.1, -0.05) is 6.92 Å². The van der Waals surface area contributed by atoms with Gasteiger partial charge in [-0.2, -0.15) is 0 Å². The molecule has 0 aliphatic rings. The van der Waals surface area contributed by atoms with Gasteiger partial charge in [0.2, 0.25) is 0 Å². The van der Waals surface area contributed by atoms with Gasteiger partial charge >= 0.3 is 8.56 Å². The molecule has 7 heteroatoms. The van der Waals surface area contributed by atoms with Crippen molar-refractivity contribution in [2.75, 3.05) is 42.4 Å². The standard InChI is InChI=1S/C6H16O3Si.C5H13N3/c1-5-6(7)10(4,8-2)9-3;1-6-5(7-2)8(3)4/h6-7H,5H2,1-4H3;1-4H3,(H,6,7). The normalized spacial score (nSPS) is 13.5. The number of hydrogen-bond donors (Lipinski definition) is 2. The van der Waals surface area contributed by atoms with Crippen molar-refractivity contribution in [1.29, 1.82) is 0 Å². The third-order valence-corrected chi connectivity index (χ3v) is 5.90. The first-order valence-corrected chi connectivity index (χ1v) is 8.32. The predicted octanol–water partition coefficient (Wildman–Crippen LogP) is 0.415. The maximum atomic E-state index is 9.39. The third-order valence-electron chi connectivity index (χ3n) is 2.66. The van der Waals surface area contributed by atoms with Crippen LogP contribution in [0.15, 0.2) is 4.99 Å². The molecule has 0 aliphatic carbocycles. The fourth-order valence-corrected chi connectivity index (χ4v) is 2.71. The molecule has 6 nitrogen and oxygen atoms in total. The first kappa shape index (κ1) is 19.7. The number of nitrogens with zero attached hydrogens (tertiary/aromatic N) is 2. The van der Waals surface area contributed by atoms with Crippen molar-refractivity contribution in [2.24, 2.45) is 4.99 Å². The van der Waals surface area contributed by atoms with E-state index >= 15 is 0 Å². The molecule has 0 heterocycles. The van der Waals surface area contributed by atoms with Crippen molar-refractivity contribution in [1.82, 2.24) is 10.2 Å². The molecule has 0 aliphatic heterocycles. The molecule has 0 aromatic heterocycles. The first-order valence-electron chi connectivity index (χ1n) is 5.93. The summed E-state index contributed by atoms with van der Waals surface area (Å²) in [5.74, 6) is 0.894. The molecule has 18 heavy (non-hydrogen) atoms. The number of aliphatic hydroxyl groups excluding tert-OH is 1. The van der Waals surface area contributed by atoms with Gasteiger partial charge in [0.15, 0.2) is 5.96 Å². The summed E-state index contributed by atoms with van der Waals surface area (Å²) in [7, 11) is 8.40. The summed E-state index contributed by atoms with van der Waals surface area (Å²) >= 11 is 0. The Bertz CT molecular complexity index is 234. The molecule has 1 atom stereocenters. The maximum Gasteiger partial charge on any atom is 0.364 e. The van der Waals surface area contributed by atoms with Gasteiger partial charge in [-0.3, -0.25) is 4.99 Å². The summed E-state index contributed by atoms with van der Waals surface area (Å²) in [6.07, 6.45) is 0.685. The fraction of sp³-hybridized carbons (Fsp3) is 0.909. The number of aliphatic hydroxyl groups is 1. The molecule has 0 bridgehead atoms. The van der Waals surface area contributed by atoms with Crippen LogP contribution in [-0.4, -0.2) is 72.7 Å². The molecule has 0 amide bonds. The molecule has 0 rings (SSSR count). The third kappa shape index (κ3) is 6.95. The average Bonchev–Trinajstić information content (AvgIpc) is 2.38. The summed E-state index contributed by atoms with van der Waals surface area (Å²) < 4.78 is 10.2. The van der Waals surface area contributed by atoms with Crippen LogP contribution in [0.25, 0.3) is 0 Å². The van der Waals surface area contributed by atoms with Crippen LogP contribution in [0.5, 0.6) is 0 Å². The quantitative estimate of drug-likeness (QED) is 0.443. The van der Waals surface area contributed by atoms with Crippen molar-refractivity contribution >= 4 is 14.5 Å². The molecule has 0 fully saturated rings. The predicted molar refractivity (Wildman–Crippen MR) is 78.0 cm³/mol. The Morgan fingerprint density at radius 3 is 1.89 bits per heavy atom. The molecule has 0 spiro atoms. The molecule has 0 radical (unpaired) electrons. The second-order valence-electron chi connectivity index (χ2n) is 4.04. The number of hydrogen-bond acceptors (Lipinski definition) is 4. The topological polar surface area (TPSA) is 66.3 Å². The second-order valence-corrected chi connectivity index (χ2v) is 7.55. The van der Waals surface area contributed by atoms with Crippen LogP contribution in [0, 0.1) is 0 Å². The molecule has 0 aromatic carbocycles. The Morgan fingerprint density at radius 1 is 1.39 bits per heavy atom. The zero-order valence-corrected chi connectivity index (χ0v) is 13.9. The second kappa shape index (κ2) is 10.3. The Morgan fingerprint density at radius 2 is 1.83 bits per heavy atom. The Kier molecular flexibility index (Phi) is 11.3. The van der Waals surface area contributed by atoms with Crippen molar-refractivity contribution in [3.63, 3.8) is 0 Å². The summed E-state index contributed by atoms with van der Waals surface area (Å²) in [5, 5.41) is 12.3. The van der Waals surface area contributed by atoms with Crippen LogP contribution in [0.2, 0.25) is 6.55 Å². The van der Waals surface area contributed by atoms with Gasteiger partial charge in [0, 0.05) is 42.4 Å². The summed E-state index contributed by atoms with van der Waals surface area (Å²) in [6.45, 7) is 3.76. The summed E-state index contributed by atoms with van der Waals surface area (Å²) in [5.41, 5.74) is -0.428. The molecule has 2 N–H and O–H groups in total. The van der Waals surface area contributed by atoms with Gasteiger partial charge in [0.1, 0.15) is 0 Å². The fourth-order valence-electron chi connectivity index (χ4n) is 1.26. The SMILES string of the molecule is CCC(O)[Si](C)(OC)OC.CN=C(NC)N(C)C. The lowest BCUT2D eigenvalue weighted by Crippen LogP contribution is -2.48. The van der Waals surface area contributed by atoms with E-state index in [1.807, 2.05) is 39.5 Å². The maximum absolute atomic E-state index is 9.39. The molecule has 0 saturated carbocycles. The zero-order chi connectivity index (χ0) is 14.8. The minimum absolute atomic E-state index is 0.428. The summed E-state index contributed by atoms with van der Waals surface area (Å²) in [6, 6.07) is 0. The van der Waals surface area contributed by atoms with Crippen molar-refractivity contribution < 1.29 is 14.0 Å². The molecular weight excluding hydrogens is 250 g/mol. The van der Waals surface area contributed by atoms with Gasteiger partial charge in [-0.15, -0.1) is 0 Å². The van der Waals surface area contributed by atoms with Gasteiger partial charge in [-0.05, 0) is 13.0 Å². The van der Waals surface area contributed by atoms with Crippen molar-refractivity contribution in [3.8, 4) is 0 Å². The number of nitrogens with one attached hydrogen (secondary N) is 1. The first-order chi connectivity index (χ1) is 8.32. The molecular formula is C11H29N3O3Si. The number of guanidine groups is 1. The van der Waals surface area contributed by atoms with E-state index in [0.29, 0.717) is 6.42 Å². The summed E-state index contributed by atoms with van der Waals surface area (Å²) in [4.78, 5) is 5.85. The monoisotopic (exact) mass is 279 g/mol. The van der Waals surface area contributed by atoms with E-state index in [4.69, 9.17) is 8.85 Å². The molecule has 0 saturated heterocycles. The van der Waals surface area contributed by atoms with E-state index in [2.05, 4.69) is 10.3 Å². The van der Waals surface area contributed by atoms with E-state index in [1.54, 1.807) is 21.3 Å². The highest BCUT2D eigenvalue weighted by molar-refractivity contribution is 6.67. The largest absolute Gasteiger partial charge is 0.396 e. The van der Waals surface area contributed by atoms with E-state index in [1.165, 1.54) is 0 Å². The van der Waals surface area contributed by atoms with E-state index in [9.17, 15) is 5.11 Å². The van der Waals surface area contributed by atoms with Crippen LogP contribution in [-0.2, 0) is 8.85 Å². The highest BCUT2D eigenvalue weighted by Gasteiger charge is 2.36. The van der Waals surface area contributed by atoms with Gasteiger partial charge in [0.25, 0.3) is 0 Å². The zero-order valence-electron chi connectivity index (χ0n) is 12.9. The average molecular weight is 279 g/mol. The van der Waals surface area contributed by atoms with Crippen molar-refractivity contribution in [2.45, 2.75) is 25.6 Å². The van der Waals surface area contributed by atoms with E-state index in [0.717, 1.165) is 5.96 Å².